The third kappa shape index (κ3) is 3.64. The first-order valence-corrected chi connectivity index (χ1v) is 5.35. The Morgan fingerprint density at radius 2 is 2.36 bits per heavy atom. The zero-order chi connectivity index (χ0) is 10.4. The molecule has 2 N–H and O–H groups in total. The van der Waals surface area contributed by atoms with Crippen LogP contribution in [0.15, 0.2) is 0 Å². The van der Waals surface area contributed by atoms with Gasteiger partial charge < -0.3 is 15.4 Å². The van der Waals surface area contributed by atoms with E-state index in [1.54, 1.807) is 0 Å². The van der Waals surface area contributed by atoms with Crippen molar-refractivity contribution in [1.82, 2.24) is 10.6 Å². The van der Waals surface area contributed by atoms with E-state index < -0.39 is 0 Å². The Morgan fingerprint density at radius 1 is 1.57 bits per heavy atom. The van der Waals surface area contributed by atoms with Gasteiger partial charge in [-0.15, -0.1) is 0 Å². The molecule has 2 atom stereocenters. The van der Waals surface area contributed by atoms with Crippen molar-refractivity contribution >= 4 is 5.91 Å². The molecule has 0 spiro atoms. The van der Waals surface area contributed by atoms with Crippen LogP contribution >= 0.6 is 0 Å². The zero-order valence-electron chi connectivity index (χ0n) is 9.01. The summed E-state index contributed by atoms with van der Waals surface area (Å²) in [6.07, 6.45) is 2.14. The second-order valence-electron chi connectivity index (χ2n) is 3.72. The number of carbonyl (C=O) groups is 1. The van der Waals surface area contributed by atoms with Crippen LogP contribution in [0.4, 0.5) is 0 Å². The number of carbonyl (C=O) groups excluding carboxylic acids is 1. The van der Waals surface area contributed by atoms with Crippen molar-refractivity contribution in [3.8, 4) is 0 Å². The van der Waals surface area contributed by atoms with E-state index in [0.717, 1.165) is 26.0 Å². The van der Waals surface area contributed by atoms with E-state index in [2.05, 4.69) is 17.6 Å². The van der Waals surface area contributed by atoms with E-state index in [-0.39, 0.29) is 18.1 Å². The molecule has 0 aromatic carbocycles. The van der Waals surface area contributed by atoms with Crippen LogP contribution in [0.3, 0.4) is 0 Å². The third-order valence-corrected chi connectivity index (χ3v) is 2.43. The number of nitrogens with one attached hydrogen (secondary N) is 2. The molecule has 1 amide bonds. The Morgan fingerprint density at radius 3 is 2.93 bits per heavy atom. The van der Waals surface area contributed by atoms with Crippen LogP contribution in [0, 0.1) is 0 Å². The lowest BCUT2D eigenvalue weighted by molar-refractivity contribution is -0.121. The standard InChI is InChI=1S/C10H20N2O2/c1-3-5-11-7-10(13)12-9-4-6-14-8(9)2/h8-9,11H,3-7H2,1-2H3,(H,12,13). The molecule has 0 radical (unpaired) electrons. The molecule has 1 heterocycles. The van der Waals surface area contributed by atoms with Gasteiger partial charge in [-0.3, -0.25) is 4.79 Å². The van der Waals surface area contributed by atoms with E-state index in [9.17, 15) is 4.79 Å². The molecule has 4 heteroatoms. The van der Waals surface area contributed by atoms with Gasteiger partial charge in [0.2, 0.25) is 5.91 Å². The SMILES string of the molecule is CCCNCC(=O)NC1CCOC1C. The first-order chi connectivity index (χ1) is 6.74. The summed E-state index contributed by atoms with van der Waals surface area (Å²) >= 11 is 0. The highest BCUT2D eigenvalue weighted by atomic mass is 16.5. The molecular formula is C10H20N2O2. The Kier molecular flexibility index (Phi) is 4.90. The number of amides is 1. The molecule has 0 bridgehead atoms. The highest BCUT2D eigenvalue weighted by molar-refractivity contribution is 5.78. The predicted octanol–water partition coefficient (Wildman–Crippen LogP) is 0.280. The molecule has 1 fully saturated rings. The average molecular weight is 200 g/mol. The summed E-state index contributed by atoms with van der Waals surface area (Å²) in [5.74, 6) is 0.0702. The Labute approximate surface area is 85.4 Å². The van der Waals surface area contributed by atoms with Crippen molar-refractivity contribution in [2.24, 2.45) is 0 Å². The first kappa shape index (κ1) is 11.5. The van der Waals surface area contributed by atoms with E-state index in [0.29, 0.717) is 6.54 Å². The topological polar surface area (TPSA) is 50.4 Å². The molecule has 1 rings (SSSR count). The van der Waals surface area contributed by atoms with Crippen molar-refractivity contribution in [3.63, 3.8) is 0 Å². The molecule has 2 unspecified atom stereocenters. The van der Waals surface area contributed by atoms with Gasteiger partial charge in [0, 0.05) is 6.61 Å². The number of ether oxygens (including phenoxy) is 1. The Hall–Kier alpha value is -0.610. The fourth-order valence-electron chi connectivity index (χ4n) is 1.56. The normalized spacial score (nSPS) is 26.4. The fraction of sp³-hybridized carbons (Fsp3) is 0.900. The van der Waals surface area contributed by atoms with E-state index in [1.165, 1.54) is 0 Å². The van der Waals surface area contributed by atoms with E-state index in [4.69, 9.17) is 4.74 Å². The van der Waals surface area contributed by atoms with Gasteiger partial charge in [-0.05, 0) is 26.3 Å². The molecule has 1 aliphatic rings. The maximum absolute atomic E-state index is 11.4. The largest absolute Gasteiger partial charge is 0.376 e. The van der Waals surface area contributed by atoms with Crippen LogP contribution in [0.5, 0.6) is 0 Å². The molecule has 1 saturated heterocycles. The van der Waals surface area contributed by atoms with Crippen molar-refractivity contribution in [1.29, 1.82) is 0 Å². The molecule has 0 aromatic heterocycles. The second kappa shape index (κ2) is 5.98. The summed E-state index contributed by atoms with van der Waals surface area (Å²) < 4.78 is 5.36. The summed E-state index contributed by atoms with van der Waals surface area (Å²) in [4.78, 5) is 11.4. The zero-order valence-corrected chi connectivity index (χ0v) is 9.01. The van der Waals surface area contributed by atoms with Crippen LogP contribution in [0.25, 0.3) is 0 Å². The van der Waals surface area contributed by atoms with Gasteiger partial charge in [-0.25, -0.2) is 0 Å². The molecule has 0 aromatic rings. The van der Waals surface area contributed by atoms with Crippen LogP contribution in [0.1, 0.15) is 26.7 Å². The maximum atomic E-state index is 11.4. The monoisotopic (exact) mass is 200 g/mol. The van der Waals surface area contributed by atoms with Gasteiger partial charge in [0.25, 0.3) is 0 Å². The Balaban J connectivity index is 2.13. The number of rotatable bonds is 5. The molecule has 14 heavy (non-hydrogen) atoms. The second-order valence-corrected chi connectivity index (χ2v) is 3.72. The van der Waals surface area contributed by atoms with Crippen LogP contribution in [0.2, 0.25) is 0 Å². The van der Waals surface area contributed by atoms with Crippen LogP contribution < -0.4 is 10.6 Å². The van der Waals surface area contributed by atoms with Gasteiger partial charge in [-0.2, -0.15) is 0 Å². The minimum Gasteiger partial charge on any atom is -0.376 e. The third-order valence-electron chi connectivity index (χ3n) is 2.43. The lowest BCUT2D eigenvalue weighted by Gasteiger charge is -2.15. The van der Waals surface area contributed by atoms with Gasteiger partial charge in [0.05, 0.1) is 18.7 Å². The summed E-state index contributed by atoms with van der Waals surface area (Å²) in [7, 11) is 0. The fourth-order valence-corrected chi connectivity index (χ4v) is 1.56. The number of hydrogen-bond donors (Lipinski definition) is 2. The van der Waals surface area contributed by atoms with Gasteiger partial charge in [0.1, 0.15) is 0 Å². The van der Waals surface area contributed by atoms with Gasteiger partial charge in [-0.1, -0.05) is 6.92 Å². The highest BCUT2D eigenvalue weighted by Crippen LogP contribution is 2.11. The minimum atomic E-state index is 0.0702. The van der Waals surface area contributed by atoms with Crippen molar-refractivity contribution in [2.75, 3.05) is 19.7 Å². The van der Waals surface area contributed by atoms with Crippen molar-refractivity contribution in [2.45, 2.75) is 38.8 Å². The first-order valence-electron chi connectivity index (χ1n) is 5.35. The molecular weight excluding hydrogens is 180 g/mol. The number of hydrogen-bond acceptors (Lipinski definition) is 3. The molecule has 82 valence electrons. The lowest BCUT2D eigenvalue weighted by atomic mass is 10.1. The summed E-state index contributed by atoms with van der Waals surface area (Å²) in [6, 6.07) is 0.200. The summed E-state index contributed by atoms with van der Waals surface area (Å²) in [5, 5.41) is 6.03. The van der Waals surface area contributed by atoms with Crippen molar-refractivity contribution in [3.05, 3.63) is 0 Å². The highest BCUT2D eigenvalue weighted by Gasteiger charge is 2.25. The van der Waals surface area contributed by atoms with E-state index >= 15 is 0 Å². The lowest BCUT2D eigenvalue weighted by Crippen LogP contribution is -2.43. The predicted molar refractivity (Wildman–Crippen MR) is 55.1 cm³/mol. The molecule has 0 aliphatic carbocycles. The quantitative estimate of drug-likeness (QED) is 0.627. The van der Waals surface area contributed by atoms with Crippen LogP contribution in [-0.2, 0) is 9.53 Å². The smallest absolute Gasteiger partial charge is 0.234 e. The molecule has 1 aliphatic heterocycles. The molecule has 0 saturated carbocycles. The summed E-state index contributed by atoms with van der Waals surface area (Å²) in [5.41, 5.74) is 0. The average Bonchev–Trinajstić information content (AvgIpc) is 2.52. The summed E-state index contributed by atoms with van der Waals surface area (Å²) in [6.45, 7) is 6.14. The minimum absolute atomic E-state index is 0.0702. The van der Waals surface area contributed by atoms with Gasteiger partial charge >= 0.3 is 0 Å². The van der Waals surface area contributed by atoms with E-state index in [1.807, 2.05) is 6.92 Å². The van der Waals surface area contributed by atoms with Crippen molar-refractivity contribution < 1.29 is 9.53 Å². The maximum Gasteiger partial charge on any atom is 0.234 e. The Bertz CT molecular complexity index is 185. The molecule has 4 nitrogen and oxygen atoms in total. The van der Waals surface area contributed by atoms with Gasteiger partial charge in [0.15, 0.2) is 0 Å². The van der Waals surface area contributed by atoms with Crippen LogP contribution in [-0.4, -0.2) is 37.7 Å².